The highest BCUT2D eigenvalue weighted by molar-refractivity contribution is 5.97. The van der Waals surface area contributed by atoms with Gasteiger partial charge >= 0.3 is 0 Å². The number of nitrogens with zero attached hydrogens (tertiary/aromatic N) is 4. The van der Waals surface area contributed by atoms with Crippen molar-refractivity contribution in [2.24, 2.45) is 5.41 Å². The summed E-state index contributed by atoms with van der Waals surface area (Å²) in [5, 5.41) is 0. The zero-order chi connectivity index (χ0) is 22.0. The van der Waals surface area contributed by atoms with Crippen LogP contribution in [0.4, 0.5) is 10.2 Å². The molecule has 0 bridgehead atoms. The second kappa shape index (κ2) is 8.81. The fourth-order valence-electron chi connectivity index (χ4n) is 4.93. The summed E-state index contributed by atoms with van der Waals surface area (Å²) in [6, 6.07) is 4.05. The largest absolute Gasteiger partial charge is 0.451 e. The van der Waals surface area contributed by atoms with Crippen LogP contribution in [0.5, 0.6) is 11.5 Å². The lowest BCUT2D eigenvalue weighted by Gasteiger charge is -2.53. The number of carbonyl (C=O) groups is 1. The van der Waals surface area contributed by atoms with Crippen LogP contribution < -0.4 is 9.64 Å². The number of rotatable bonds is 6. The van der Waals surface area contributed by atoms with Gasteiger partial charge in [-0.15, -0.1) is 0 Å². The van der Waals surface area contributed by atoms with Gasteiger partial charge in [0.1, 0.15) is 17.9 Å². The third-order valence-electron chi connectivity index (χ3n) is 6.54. The van der Waals surface area contributed by atoms with E-state index in [9.17, 15) is 9.18 Å². The van der Waals surface area contributed by atoms with E-state index >= 15 is 0 Å². The number of halogens is 1. The summed E-state index contributed by atoms with van der Waals surface area (Å²) in [5.41, 5.74) is 0.605. The lowest BCUT2D eigenvalue weighted by Crippen LogP contribution is -2.57. The summed E-state index contributed by atoms with van der Waals surface area (Å²) < 4.78 is 20.2. The molecule has 2 heterocycles. The molecule has 1 aliphatic carbocycles. The first-order valence-electron chi connectivity index (χ1n) is 11.3. The molecule has 1 aliphatic heterocycles. The van der Waals surface area contributed by atoms with Gasteiger partial charge in [0, 0.05) is 31.1 Å². The van der Waals surface area contributed by atoms with Crippen LogP contribution in [0, 0.1) is 11.2 Å². The normalized spacial score (nSPS) is 17.5. The molecular formula is C24H31FN4O2. The Morgan fingerprint density at radius 2 is 1.97 bits per heavy atom. The van der Waals surface area contributed by atoms with Gasteiger partial charge in [0.05, 0.1) is 11.8 Å². The number of amides is 1. The second-order valence-electron chi connectivity index (χ2n) is 9.05. The van der Waals surface area contributed by atoms with Crippen molar-refractivity contribution in [2.75, 3.05) is 24.5 Å². The average Bonchev–Trinajstić information content (AvgIpc) is 2.74. The molecule has 2 aromatic rings. The lowest BCUT2D eigenvalue weighted by molar-refractivity contribution is 0.0713. The molecule has 1 saturated carbocycles. The molecule has 2 aliphatic rings. The van der Waals surface area contributed by atoms with Crippen molar-refractivity contribution >= 4 is 11.7 Å². The number of ether oxygens (including phenoxy) is 1. The fraction of sp³-hybridized carbons (Fsp3) is 0.542. The second-order valence-corrected chi connectivity index (χ2v) is 9.05. The summed E-state index contributed by atoms with van der Waals surface area (Å²) in [4.78, 5) is 25.6. The van der Waals surface area contributed by atoms with Gasteiger partial charge in [0.2, 0.25) is 0 Å². The summed E-state index contributed by atoms with van der Waals surface area (Å²) in [6.45, 7) is 8.25. The van der Waals surface area contributed by atoms with Gasteiger partial charge in [-0.05, 0) is 51.8 Å². The maximum Gasteiger partial charge on any atom is 0.257 e. The molecule has 1 saturated heterocycles. The van der Waals surface area contributed by atoms with E-state index in [0.717, 1.165) is 18.9 Å². The predicted octanol–water partition coefficient (Wildman–Crippen LogP) is 5.05. The van der Waals surface area contributed by atoms with Crippen LogP contribution in [-0.2, 0) is 0 Å². The molecule has 0 atom stereocenters. The Balaban J connectivity index is 1.59. The van der Waals surface area contributed by atoms with Crippen LogP contribution in [0.1, 0.15) is 63.2 Å². The number of aromatic nitrogens is 2. The highest BCUT2D eigenvalue weighted by Crippen LogP contribution is 2.47. The van der Waals surface area contributed by atoms with Crippen molar-refractivity contribution in [3.63, 3.8) is 0 Å². The highest BCUT2D eigenvalue weighted by Gasteiger charge is 2.44. The number of hydrogen-bond acceptors (Lipinski definition) is 5. The van der Waals surface area contributed by atoms with Gasteiger partial charge in [-0.2, -0.15) is 0 Å². The minimum absolute atomic E-state index is 0.00277. The molecule has 0 radical (unpaired) electrons. The first kappa shape index (κ1) is 21.5. The molecular weight excluding hydrogens is 395 g/mol. The first-order valence-corrected chi connectivity index (χ1v) is 11.3. The van der Waals surface area contributed by atoms with E-state index in [1.165, 1.54) is 56.6 Å². The molecule has 1 spiro atoms. The Morgan fingerprint density at radius 3 is 2.65 bits per heavy atom. The molecule has 0 unspecified atom stereocenters. The Hall–Kier alpha value is -2.70. The number of hydrogen-bond donors (Lipinski definition) is 0. The summed E-state index contributed by atoms with van der Waals surface area (Å²) >= 11 is 0. The maximum absolute atomic E-state index is 14.0. The summed E-state index contributed by atoms with van der Waals surface area (Å²) in [5.74, 6) is 0.804. The molecule has 1 amide bonds. The third kappa shape index (κ3) is 4.36. The predicted molar refractivity (Wildman–Crippen MR) is 118 cm³/mol. The van der Waals surface area contributed by atoms with E-state index in [0.29, 0.717) is 23.5 Å². The minimum atomic E-state index is -0.470. The molecule has 4 rings (SSSR count). The van der Waals surface area contributed by atoms with E-state index < -0.39 is 5.82 Å². The zero-order valence-corrected chi connectivity index (χ0v) is 18.6. The van der Waals surface area contributed by atoms with Gasteiger partial charge < -0.3 is 14.5 Å². The Bertz CT molecular complexity index is 935. The van der Waals surface area contributed by atoms with Crippen molar-refractivity contribution in [1.29, 1.82) is 0 Å². The minimum Gasteiger partial charge on any atom is -0.451 e. The van der Waals surface area contributed by atoms with Gasteiger partial charge in [-0.1, -0.05) is 19.3 Å². The zero-order valence-electron chi connectivity index (χ0n) is 18.6. The van der Waals surface area contributed by atoms with E-state index in [4.69, 9.17) is 4.74 Å². The third-order valence-corrected chi connectivity index (χ3v) is 6.54. The van der Waals surface area contributed by atoms with Crippen LogP contribution in [0.15, 0.2) is 30.7 Å². The van der Waals surface area contributed by atoms with Crippen LogP contribution in [0.25, 0.3) is 0 Å². The van der Waals surface area contributed by atoms with Crippen LogP contribution in [-0.4, -0.2) is 46.5 Å². The lowest BCUT2D eigenvalue weighted by atomic mass is 9.68. The van der Waals surface area contributed by atoms with E-state index in [1.807, 2.05) is 20.8 Å². The molecule has 166 valence electrons. The summed E-state index contributed by atoms with van der Waals surface area (Å²) in [6.07, 6.45) is 9.59. The summed E-state index contributed by atoms with van der Waals surface area (Å²) in [7, 11) is 0. The van der Waals surface area contributed by atoms with Crippen LogP contribution in [0.3, 0.4) is 0 Å². The number of benzene rings is 1. The quantitative estimate of drug-likeness (QED) is 0.647. The van der Waals surface area contributed by atoms with E-state index in [-0.39, 0.29) is 17.5 Å². The van der Waals surface area contributed by atoms with Gasteiger partial charge in [-0.25, -0.2) is 14.4 Å². The standard InChI is InChI=1S/C24H31FN4O2/c1-4-29(17(2)3)23(30)19-12-18(25)8-9-20(19)31-21-13-26-16-27-22(21)28-14-24(15-28)10-6-5-7-11-24/h8-9,12-13,16-17H,4-7,10-11,14-15H2,1-3H3. The topological polar surface area (TPSA) is 58.6 Å². The first-order chi connectivity index (χ1) is 14.9. The Kier molecular flexibility index (Phi) is 6.12. The Labute approximate surface area is 183 Å². The average molecular weight is 427 g/mol. The van der Waals surface area contributed by atoms with Gasteiger partial charge in [-0.3, -0.25) is 4.79 Å². The molecule has 31 heavy (non-hydrogen) atoms. The molecule has 2 fully saturated rings. The molecule has 1 aromatic heterocycles. The van der Waals surface area contributed by atoms with Gasteiger partial charge in [0.25, 0.3) is 5.91 Å². The highest BCUT2D eigenvalue weighted by atomic mass is 19.1. The van der Waals surface area contributed by atoms with E-state index in [2.05, 4.69) is 14.9 Å². The van der Waals surface area contributed by atoms with E-state index in [1.54, 1.807) is 11.1 Å². The molecule has 6 nitrogen and oxygen atoms in total. The Morgan fingerprint density at radius 1 is 1.23 bits per heavy atom. The van der Waals surface area contributed by atoms with Crippen molar-refractivity contribution < 1.29 is 13.9 Å². The van der Waals surface area contributed by atoms with Crippen molar-refractivity contribution in [3.05, 3.63) is 42.1 Å². The van der Waals surface area contributed by atoms with Crippen molar-refractivity contribution in [3.8, 4) is 11.5 Å². The van der Waals surface area contributed by atoms with Gasteiger partial charge in [0.15, 0.2) is 11.6 Å². The van der Waals surface area contributed by atoms with Crippen molar-refractivity contribution in [2.45, 2.75) is 58.9 Å². The number of carbonyl (C=O) groups excluding carboxylic acids is 1. The van der Waals surface area contributed by atoms with Crippen LogP contribution >= 0.6 is 0 Å². The molecule has 7 heteroatoms. The fourth-order valence-corrected chi connectivity index (χ4v) is 4.93. The molecule has 0 N–H and O–H groups in total. The maximum atomic E-state index is 14.0. The van der Waals surface area contributed by atoms with Crippen LogP contribution in [0.2, 0.25) is 0 Å². The SMILES string of the molecule is CCN(C(=O)c1cc(F)ccc1Oc1cncnc1N1CC2(CCCCC2)C1)C(C)C. The van der Waals surface area contributed by atoms with Crippen molar-refractivity contribution in [1.82, 2.24) is 14.9 Å². The number of anilines is 1. The monoisotopic (exact) mass is 426 g/mol. The smallest absolute Gasteiger partial charge is 0.257 e. The molecule has 1 aromatic carbocycles.